The number of halogens is 3. The zero-order valence-corrected chi connectivity index (χ0v) is 16.3. The molecule has 0 radical (unpaired) electrons. The number of amides is 1. The lowest BCUT2D eigenvalue weighted by Gasteiger charge is -2.13. The van der Waals surface area contributed by atoms with E-state index in [1.165, 1.54) is 19.1 Å². The second-order valence-corrected chi connectivity index (χ2v) is 6.99. The molecule has 0 fully saturated rings. The minimum absolute atomic E-state index is 0.0693. The van der Waals surface area contributed by atoms with Crippen LogP contribution in [0.25, 0.3) is 0 Å². The van der Waals surface area contributed by atoms with Gasteiger partial charge in [-0.1, -0.05) is 0 Å². The molecule has 0 aliphatic carbocycles. The highest BCUT2D eigenvalue weighted by atomic mass is 79.9. The number of rotatable bonds is 6. The largest absolute Gasteiger partial charge is 0.487 e. The molecule has 0 spiro atoms. The van der Waals surface area contributed by atoms with Gasteiger partial charge in [0.2, 0.25) is 5.91 Å². The number of hydrogen-bond acceptors (Lipinski definition) is 3. The molecule has 0 aromatic heterocycles. The summed E-state index contributed by atoms with van der Waals surface area (Å²) in [5.74, 6) is -1.24. The Balaban J connectivity index is 2.17. The summed E-state index contributed by atoms with van der Waals surface area (Å²) < 4.78 is 20.5. The van der Waals surface area contributed by atoms with Crippen LogP contribution in [-0.4, -0.2) is 17.0 Å². The molecule has 2 rings (SSSR count). The van der Waals surface area contributed by atoms with Gasteiger partial charge in [0.15, 0.2) is 0 Å². The van der Waals surface area contributed by atoms with Gasteiger partial charge >= 0.3 is 5.97 Å². The van der Waals surface area contributed by atoms with Crippen molar-refractivity contribution in [1.29, 1.82) is 0 Å². The quantitative estimate of drug-likeness (QED) is 0.645. The predicted octanol–water partition coefficient (Wildman–Crippen LogP) is 4.52. The molecule has 132 valence electrons. The summed E-state index contributed by atoms with van der Waals surface area (Å²) in [5, 5.41) is 11.4. The minimum Gasteiger partial charge on any atom is -0.487 e. The third-order valence-corrected chi connectivity index (χ3v) is 4.25. The van der Waals surface area contributed by atoms with Crippen LogP contribution in [0.5, 0.6) is 5.75 Å². The van der Waals surface area contributed by atoms with Crippen LogP contribution in [0.1, 0.15) is 18.1 Å². The van der Waals surface area contributed by atoms with Crippen molar-refractivity contribution in [1.82, 2.24) is 0 Å². The topological polar surface area (TPSA) is 75.6 Å². The molecule has 0 heterocycles. The molecule has 2 N–H and O–H groups in total. The van der Waals surface area contributed by atoms with Crippen LogP contribution >= 0.6 is 31.9 Å². The lowest BCUT2D eigenvalue weighted by molar-refractivity contribution is -0.136. The zero-order valence-electron chi connectivity index (χ0n) is 13.1. The molecule has 0 aliphatic heterocycles. The Hall–Kier alpha value is -1.93. The van der Waals surface area contributed by atoms with Gasteiger partial charge in [0.25, 0.3) is 0 Å². The van der Waals surface area contributed by atoms with Crippen LogP contribution in [0.15, 0.2) is 39.3 Å². The number of nitrogens with one attached hydrogen (secondary N) is 1. The average Bonchev–Trinajstić information content (AvgIpc) is 2.44. The van der Waals surface area contributed by atoms with Crippen molar-refractivity contribution >= 4 is 49.4 Å². The van der Waals surface area contributed by atoms with Gasteiger partial charge in [-0.2, -0.15) is 0 Å². The van der Waals surface area contributed by atoms with E-state index in [2.05, 4.69) is 37.2 Å². The van der Waals surface area contributed by atoms with Crippen LogP contribution in [0.2, 0.25) is 0 Å². The summed E-state index contributed by atoms with van der Waals surface area (Å²) in [4.78, 5) is 21.9. The van der Waals surface area contributed by atoms with E-state index in [1.54, 1.807) is 18.2 Å². The van der Waals surface area contributed by atoms with E-state index in [4.69, 9.17) is 9.84 Å². The first-order valence-corrected chi connectivity index (χ1v) is 8.73. The molecular weight excluding hydrogens is 461 g/mol. The van der Waals surface area contributed by atoms with Gasteiger partial charge in [-0.25, -0.2) is 4.39 Å². The molecule has 5 nitrogen and oxygen atoms in total. The Morgan fingerprint density at radius 1 is 1.12 bits per heavy atom. The number of aliphatic carboxylic acids is 1. The molecule has 0 bridgehead atoms. The monoisotopic (exact) mass is 473 g/mol. The van der Waals surface area contributed by atoms with Gasteiger partial charge in [-0.15, -0.1) is 0 Å². The van der Waals surface area contributed by atoms with Crippen molar-refractivity contribution in [2.45, 2.75) is 20.0 Å². The first-order valence-electron chi connectivity index (χ1n) is 7.14. The van der Waals surface area contributed by atoms with Crippen molar-refractivity contribution in [2.75, 3.05) is 5.32 Å². The third-order valence-electron chi connectivity index (χ3n) is 3.07. The summed E-state index contributed by atoms with van der Waals surface area (Å²) in [5.41, 5.74) is 1.50. The number of hydrogen-bond donors (Lipinski definition) is 2. The number of carbonyl (C=O) groups excluding carboxylic acids is 1. The third kappa shape index (κ3) is 5.82. The van der Waals surface area contributed by atoms with Crippen molar-refractivity contribution < 1.29 is 23.8 Å². The second-order valence-electron chi connectivity index (χ2n) is 5.28. The lowest BCUT2D eigenvalue weighted by atomic mass is 10.1. The molecule has 0 atom stereocenters. The van der Waals surface area contributed by atoms with E-state index >= 15 is 0 Å². The first kappa shape index (κ1) is 19.4. The fourth-order valence-electron chi connectivity index (χ4n) is 2.19. The van der Waals surface area contributed by atoms with Crippen molar-refractivity contribution in [2.24, 2.45) is 0 Å². The number of carboxylic acids is 1. The summed E-state index contributed by atoms with van der Waals surface area (Å²) in [6.07, 6.45) is -0.110. The standard InChI is InChI=1S/C17H14Br2FNO4/c1-9(22)21-13-3-11(2-12(20)7-13)8-25-17-14(18)4-10(5-15(17)19)6-16(23)24/h2-5,7H,6,8H2,1H3,(H,21,22)(H,23,24). The smallest absolute Gasteiger partial charge is 0.307 e. The average molecular weight is 475 g/mol. The second kappa shape index (κ2) is 8.44. The fourth-order valence-corrected chi connectivity index (χ4v) is 3.70. The molecule has 0 saturated heterocycles. The van der Waals surface area contributed by atoms with Crippen LogP contribution in [0.4, 0.5) is 10.1 Å². The van der Waals surface area contributed by atoms with E-state index < -0.39 is 11.8 Å². The Kier molecular flexibility index (Phi) is 6.55. The molecule has 0 unspecified atom stereocenters. The number of anilines is 1. The van der Waals surface area contributed by atoms with Crippen molar-refractivity contribution in [3.05, 3.63) is 56.2 Å². The highest BCUT2D eigenvalue weighted by Gasteiger charge is 2.12. The number of carboxylic acid groups (broad SMARTS) is 1. The summed E-state index contributed by atoms with van der Waals surface area (Å²) >= 11 is 6.69. The van der Waals surface area contributed by atoms with E-state index in [-0.39, 0.29) is 18.9 Å². The maximum atomic E-state index is 13.7. The molecular formula is C17H14Br2FNO4. The first-order chi connectivity index (χ1) is 11.7. The minimum atomic E-state index is -0.933. The Morgan fingerprint density at radius 2 is 1.76 bits per heavy atom. The molecule has 0 saturated carbocycles. The van der Waals surface area contributed by atoms with Crippen molar-refractivity contribution in [3.8, 4) is 5.75 Å². The van der Waals surface area contributed by atoms with E-state index in [0.29, 0.717) is 31.5 Å². The van der Waals surface area contributed by atoms with Crippen LogP contribution in [0, 0.1) is 5.82 Å². The highest BCUT2D eigenvalue weighted by molar-refractivity contribution is 9.11. The molecule has 2 aromatic rings. The molecule has 2 aromatic carbocycles. The van der Waals surface area contributed by atoms with Gasteiger partial charge in [-0.05, 0) is 73.3 Å². The molecule has 25 heavy (non-hydrogen) atoms. The lowest BCUT2D eigenvalue weighted by Crippen LogP contribution is -2.07. The predicted molar refractivity (Wildman–Crippen MR) is 98.2 cm³/mol. The summed E-state index contributed by atoms with van der Waals surface area (Å²) in [7, 11) is 0. The van der Waals surface area contributed by atoms with E-state index in [1.807, 2.05) is 0 Å². The molecule has 8 heteroatoms. The SMILES string of the molecule is CC(=O)Nc1cc(F)cc(COc2c(Br)cc(CC(=O)O)cc2Br)c1. The van der Waals surface area contributed by atoms with Gasteiger partial charge in [-0.3, -0.25) is 9.59 Å². The maximum absolute atomic E-state index is 13.7. The Labute approximate surface area is 160 Å². The summed E-state index contributed by atoms with van der Waals surface area (Å²) in [6.45, 7) is 1.41. The summed E-state index contributed by atoms with van der Waals surface area (Å²) in [6, 6.07) is 7.46. The highest BCUT2D eigenvalue weighted by Crippen LogP contribution is 2.35. The van der Waals surface area contributed by atoms with E-state index in [9.17, 15) is 14.0 Å². The van der Waals surface area contributed by atoms with Crippen LogP contribution in [0.3, 0.4) is 0 Å². The molecule has 1 amide bonds. The fraction of sp³-hybridized carbons (Fsp3) is 0.176. The zero-order chi connectivity index (χ0) is 18.6. The Morgan fingerprint density at radius 3 is 2.32 bits per heavy atom. The van der Waals surface area contributed by atoms with Gasteiger partial charge in [0, 0.05) is 12.6 Å². The van der Waals surface area contributed by atoms with E-state index in [0.717, 1.165) is 0 Å². The number of benzene rings is 2. The number of carbonyl (C=O) groups is 2. The maximum Gasteiger partial charge on any atom is 0.307 e. The van der Waals surface area contributed by atoms with Crippen LogP contribution < -0.4 is 10.1 Å². The normalized spacial score (nSPS) is 10.4. The Bertz CT molecular complexity index is 803. The van der Waals surface area contributed by atoms with Gasteiger partial charge < -0.3 is 15.2 Å². The van der Waals surface area contributed by atoms with Gasteiger partial charge in [0.1, 0.15) is 18.2 Å². The molecule has 0 aliphatic rings. The number of ether oxygens (including phenoxy) is 1. The van der Waals surface area contributed by atoms with Gasteiger partial charge in [0.05, 0.1) is 15.4 Å². The van der Waals surface area contributed by atoms with Crippen LogP contribution in [-0.2, 0) is 22.6 Å². The van der Waals surface area contributed by atoms with Crippen molar-refractivity contribution in [3.63, 3.8) is 0 Å².